The Morgan fingerprint density at radius 1 is 1.42 bits per heavy atom. The van der Waals surface area contributed by atoms with Gasteiger partial charge in [0.15, 0.2) is 0 Å². The second kappa shape index (κ2) is 5.29. The first kappa shape index (κ1) is 13.4. The Balaban J connectivity index is 2.24. The van der Waals surface area contributed by atoms with Crippen LogP contribution in [0.2, 0.25) is 5.02 Å². The zero-order chi connectivity index (χ0) is 14.0. The van der Waals surface area contributed by atoms with Gasteiger partial charge in [0.1, 0.15) is 11.7 Å². The number of hydrogen-bond donors (Lipinski definition) is 4. The second-order valence-electron chi connectivity index (χ2n) is 4.03. The molecule has 7 heteroatoms. The van der Waals surface area contributed by atoms with E-state index < -0.39 is 24.5 Å². The first-order valence-corrected chi connectivity index (χ1v) is 5.88. The molecule has 5 N–H and O–H groups in total. The number of fused-ring (bicyclic) bond motifs is 1. The van der Waals surface area contributed by atoms with E-state index in [9.17, 15) is 9.59 Å². The molecule has 100 valence electrons. The molecule has 0 aliphatic heterocycles. The van der Waals surface area contributed by atoms with Crippen LogP contribution >= 0.6 is 11.6 Å². The highest BCUT2D eigenvalue weighted by Crippen LogP contribution is 2.19. The maximum absolute atomic E-state index is 11.9. The Morgan fingerprint density at radius 2 is 2.16 bits per heavy atom. The van der Waals surface area contributed by atoms with Gasteiger partial charge in [-0.3, -0.25) is 9.59 Å². The standard InChI is InChI=1S/C12H12ClN3O3/c13-7-2-1-6-3-9(15-8(6)4-7)12(19)16-10(5-17)11(14)18/h1-4,10,15,17H,5H2,(H2,14,18)(H,16,19)/t10-/m0/s1. The zero-order valence-electron chi connectivity index (χ0n) is 9.81. The van der Waals surface area contributed by atoms with E-state index in [1.165, 1.54) is 0 Å². The highest BCUT2D eigenvalue weighted by Gasteiger charge is 2.18. The van der Waals surface area contributed by atoms with E-state index in [2.05, 4.69) is 10.3 Å². The van der Waals surface area contributed by atoms with E-state index in [-0.39, 0.29) is 5.69 Å². The minimum absolute atomic E-state index is 0.261. The molecule has 0 saturated heterocycles. The minimum atomic E-state index is -1.11. The van der Waals surface area contributed by atoms with Crippen LogP contribution in [0.15, 0.2) is 24.3 Å². The van der Waals surface area contributed by atoms with Crippen molar-refractivity contribution in [1.82, 2.24) is 10.3 Å². The molecule has 0 fully saturated rings. The summed E-state index contributed by atoms with van der Waals surface area (Å²) in [6.45, 7) is -0.548. The lowest BCUT2D eigenvalue weighted by molar-refractivity contribution is -0.120. The number of carbonyl (C=O) groups excluding carboxylic acids is 2. The first-order chi connectivity index (χ1) is 9.01. The number of halogens is 1. The van der Waals surface area contributed by atoms with Crippen molar-refractivity contribution in [3.05, 3.63) is 35.0 Å². The van der Waals surface area contributed by atoms with Crippen molar-refractivity contribution < 1.29 is 14.7 Å². The number of benzene rings is 1. The molecule has 0 unspecified atom stereocenters. The average Bonchev–Trinajstić information content (AvgIpc) is 2.78. The van der Waals surface area contributed by atoms with Gasteiger partial charge in [-0.15, -0.1) is 0 Å². The zero-order valence-corrected chi connectivity index (χ0v) is 10.6. The first-order valence-electron chi connectivity index (χ1n) is 5.50. The monoisotopic (exact) mass is 281 g/mol. The van der Waals surface area contributed by atoms with Gasteiger partial charge in [-0.25, -0.2) is 0 Å². The molecule has 0 radical (unpaired) electrons. The number of nitrogens with one attached hydrogen (secondary N) is 2. The van der Waals surface area contributed by atoms with E-state index in [1.54, 1.807) is 24.3 Å². The van der Waals surface area contributed by atoms with Crippen molar-refractivity contribution in [2.24, 2.45) is 5.73 Å². The SMILES string of the molecule is NC(=O)[C@H](CO)NC(=O)c1cc2ccc(Cl)cc2[nH]1. The fourth-order valence-corrected chi connectivity index (χ4v) is 1.84. The predicted molar refractivity (Wildman–Crippen MR) is 70.8 cm³/mol. The van der Waals surface area contributed by atoms with Crippen LogP contribution in [0.3, 0.4) is 0 Å². The number of aliphatic hydroxyl groups is 1. The number of H-pyrrole nitrogens is 1. The van der Waals surface area contributed by atoms with Crippen LogP contribution in [-0.4, -0.2) is 34.6 Å². The van der Waals surface area contributed by atoms with Crippen LogP contribution in [0.4, 0.5) is 0 Å². The van der Waals surface area contributed by atoms with Crippen LogP contribution in [0.5, 0.6) is 0 Å². The van der Waals surface area contributed by atoms with Crippen LogP contribution in [0.25, 0.3) is 10.9 Å². The average molecular weight is 282 g/mol. The van der Waals surface area contributed by atoms with E-state index in [0.29, 0.717) is 10.5 Å². The van der Waals surface area contributed by atoms with Crippen molar-refractivity contribution in [3.8, 4) is 0 Å². The number of amides is 2. The van der Waals surface area contributed by atoms with Gasteiger partial charge in [0.05, 0.1) is 6.61 Å². The van der Waals surface area contributed by atoms with Crippen molar-refractivity contribution in [3.63, 3.8) is 0 Å². The van der Waals surface area contributed by atoms with Crippen LogP contribution in [0.1, 0.15) is 10.5 Å². The highest BCUT2D eigenvalue weighted by atomic mass is 35.5. The number of nitrogens with two attached hydrogens (primary N) is 1. The van der Waals surface area contributed by atoms with Crippen LogP contribution in [0, 0.1) is 0 Å². The predicted octanol–water partition coefficient (Wildman–Crippen LogP) is 0.397. The molecule has 2 rings (SSSR count). The van der Waals surface area contributed by atoms with E-state index in [4.69, 9.17) is 22.4 Å². The third kappa shape index (κ3) is 2.86. The number of aromatic nitrogens is 1. The van der Waals surface area contributed by atoms with E-state index in [1.807, 2.05) is 0 Å². The second-order valence-corrected chi connectivity index (χ2v) is 4.46. The molecular formula is C12H12ClN3O3. The van der Waals surface area contributed by atoms with Gasteiger partial charge >= 0.3 is 0 Å². The van der Waals surface area contributed by atoms with Crippen molar-refractivity contribution in [2.45, 2.75) is 6.04 Å². The molecule has 0 spiro atoms. The van der Waals surface area contributed by atoms with Crippen molar-refractivity contribution in [2.75, 3.05) is 6.61 Å². The maximum atomic E-state index is 11.9. The topological polar surface area (TPSA) is 108 Å². The third-order valence-corrected chi connectivity index (χ3v) is 2.90. The summed E-state index contributed by atoms with van der Waals surface area (Å²) in [6, 6.07) is 5.67. The Kier molecular flexibility index (Phi) is 3.73. The number of hydrogen-bond acceptors (Lipinski definition) is 3. The molecular weight excluding hydrogens is 270 g/mol. The molecule has 2 aromatic rings. The number of aliphatic hydroxyl groups excluding tert-OH is 1. The summed E-state index contributed by atoms with van der Waals surface area (Å²) in [4.78, 5) is 25.7. The van der Waals surface area contributed by atoms with E-state index in [0.717, 1.165) is 5.39 Å². The maximum Gasteiger partial charge on any atom is 0.268 e. The molecule has 2 amide bonds. The smallest absolute Gasteiger partial charge is 0.268 e. The molecule has 0 saturated carbocycles. The summed E-state index contributed by atoms with van der Waals surface area (Å²) in [7, 11) is 0. The van der Waals surface area contributed by atoms with E-state index >= 15 is 0 Å². The lowest BCUT2D eigenvalue weighted by atomic mass is 10.2. The number of carbonyl (C=O) groups is 2. The number of primary amides is 1. The Labute approximate surface area is 113 Å². The van der Waals surface area contributed by atoms with Gasteiger partial charge in [0.25, 0.3) is 5.91 Å². The molecule has 0 bridgehead atoms. The Hall–Kier alpha value is -2.05. The van der Waals surface area contributed by atoms with Gasteiger partial charge in [0.2, 0.25) is 5.91 Å². The molecule has 1 aromatic carbocycles. The fraction of sp³-hybridized carbons (Fsp3) is 0.167. The Bertz CT molecular complexity index is 638. The van der Waals surface area contributed by atoms with Crippen LogP contribution in [-0.2, 0) is 4.79 Å². The molecule has 19 heavy (non-hydrogen) atoms. The van der Waals surface area contributed by atoms with Crippen molar-refractivity contribution >= 4 is 34.3 Å². The quantitative estimate of drug-likeness (QED) is 0.651. The highest BCUT2D eigenvalue weighted by molar-refractivity contribution is 6.31. The van der Waals surface area contributed by atoms with Crippen molar-refractivity contribution in [1.29, 1.82) is 0 Å². The molecule has 1 aromatic heterocycles. The minimum Gasteiger partial charge on any atom is -0.394 e. The molecule has 1 atom stereocenters. The fourth-order valence-electron chi connectivity index (χ4n) is 1.66. The summed E-state index contributed by atoms with van der Waals surface area (Å²) in [5.74, 6) is -1.32. The van der Waals surface area contributed by atoms with Gasteiger partial charge in [-0.1, -0.05) is 17.7 Å². The summed E-state index contributed by atoms with van der Waals surface area (Å²) in [5.41, 5.74) is 5.99. The molecule has 0 aliphatic rings. The summed E-state index contributed by atoms with van der Waals surface area (Å²) < 4.78 is 0. The van der Waals surface area contributed by atoms with Crippen LogP contribution < -0.4 is 11.1 Å². The van der Waals surface area contributed by atoms with Gasteiger partial charge < -0.3 is 21.1 Å². The molecule has 0 aliphatic carbocycles. The summed E-state index contributed by atoms with van der Waals surface area (Å²) >= 11 is 5.84. The lowest BCUT2D eigenvalue weighted by Crippen LogP contribution is -2.46. The number of aromatic amines is 1. The molecule has 6 nitrogen and oxygen atoms in total. The lowest BCUT2D eigenvalue weighted by Gasteiger charge is -2.11. The number of rotatable bonds is 4. The summed E-state index contributed by atoms with van der Waals surface area (Å²) in [6.07, 6.45) is 0. The van der Waals surface area contributed by atoms with Gasteiger partial charge in [0, 0.05) is 15.9 Å². The largest absolute Gasteiger partial charge is 0.394 e. The van der Waals surface area contributed by atoms with Gasteiger partial charge in [-0.05, 0) is 18.2 Å². The third-order valence-electron chi connectivity index (χ3n) is 2.66. The Morgan fingerprint density at radius 3 is 2.79 bits per heavy atom. The normalized spacial score (nSPS) is 12.3. The molecule has 1 heterocycles. The summed E-state index contributed by atoms with van der Waals surface area (Å²) in [5, 5.41) is 12.6. The van der Waals surface area contributed by atoms with Gasteiger partial charge in [-0.2, -0.15) is 0 Å².